The van der Waals surface area contributed by atoms with E-state index in [1.807, 2.05) is 6.92 Å². The van der Waals surface area contributed by atoms with Gasteiger partial charge in [0.2, 0.25) is 5.91 Å². The molecule has 0 bridgehead atoms. The van der Waals surface area contributed by atoms with E-state index in [4.69, 9.17) is 17.0 Å². The summed E-state index contributed by atoms with van der Waals surface area (Å²) in [5, 5.41) is 8.34. The molecule has 1 aromatic carbocycles. The Balaban J connectivity index is 2.38. The smallest absolute Gasteiger partial charge is 0.306 e. The number of thiocarbonyl (C=S) groups is 1. The molecule has 0 saturated carbocycles. The van der Waals surface area contributed by atoms with Gasteiger partial charge in [0.25, 0.3) is 5.91 Å². The molecule has 0 aromatic heterocycles. The van der Waals surface area contributed by atoms with E-state index in [9.17, 15) is 14.4 Å². The Morgan fingerprint density at radius 3 is 2.37 bits per heavy atom. The fourth-order valence-electron chi connectivity index (χ4n) is 2.04. The third kappa shape index (κ3) is 9.69. The van der Waals surface area contributed by atoms with E-state index in [1.54, 1.807) is 24.3 Å². The highest BCUT2D eigenvalue weighted by Gasteiger charge is 2.10. The zero-order valence-electron chi connectivity index (χ0n) is 15.8. The van der Waals surface area contributed by atoms with Crippen molar-refractivity contribution in [1.82, 2.24) is 10.6 Å². The van der Waals surface area contributed by atoms with Gasteiger partial charge in [-0.05, 0) is 49.3 Å². The van der Waals surface area contributed by atoms with Crippen molar-refractivity contribution in [3.63, 3.8) is 0 Å². The molecule has 2 amide bonds. The predicted molar refractivity (Wildman–Crippen MR) is 109 cm³/mol. The molecule has 0 aliphatic rings. The van der Waals surface area contributed by atoms with Gasteiger partial charge in [0.05, 0.1) is 13.0 Å². The SMILES string of the molecule is CCCCNC(=O)c1ccc(NC(=S)NC(=O)CCC(=O)OCCC)cc1. The molecule has 0 aliphatic carbocycles. The van der Waals surface area contributed by atoms with Gasteiger partial charge in [-0.3, -0.25) is 14.4 Å². The number of unbranched alkanes of at least 4 members (excludes halogenated alkanes) is 1. The number of ether oxygens (including phenoxy) is 1. The molecule has 0 radical (unpaired) electrons. The van der Waals surface area contributed by atoms with Gasteiger partial charge in [-0.2, -0.15) is 0 Å². The molecular weight excluding hydrogens is 366 g/mol. The number of benzene rings is 1. The first-order valence-electron chi connectivity index (χ1n) is 9.11. The maximum absolute atomic E-state index is 11.9. The molecule has 1 rings (SSSR count). The molecule has 27 heavy (non-hydrogen) atoms. The molecule has 1 aromatic rings. The number of rotatable bonds is 10. The zero-order valence-corrected chi connectivity index (χ0v) is 16.6. The predicted octanol–water partition coefficient (Wildman–Crippen LogP) is 2.76. The van der Waals surface area contributed by atoms with E-state index >= 15 is 0 Å². The van der Waals surface area contributed by atoms with Crippen LogP contribution in [0.2, 0.25) is 0 Å². The highest BCUT2D eigenvalue weighted by Crippen LogP contribution is 2.09. The monoisotopic (exact) mass is 393 g/mol. The van der Waals surface area contributed by atoms with Crippen LogP contribution in [0.1, 0.15) is 56.3 Å². The molecule has 0 fully saturated rings. The lowest BCUT2D eigenvalue weighted by molar-refractivity contribution is -0.144. The van der Waals surface area contributed by atoms with Crippen LogP contribution >= 0.6 is 12.2 Å². The molecule has 3 N–H and O–H groups in total. The molecule has 148 valence electrons. The maximum Gasteiger partial charge on any atom is 0.306 e. The van der Waals surface area contributed by atoms with Gasteiger partial charge in [0.15, 0.2) is 5.11 Å². The Morgan fingerprint density at radius 1 is 1.04 bits per heavy atom. The van der Waals surface area contributed by atoms with E-state index in [1.165, 1.54) is 0 Å². The van der Waals surface area contributed by atoms with Gasteiger partial charge >= 0.3 is 5.97 Å². The first-order valence-corrected chi connectivity index (χ1v) is 9.51. The average Bonchev–Trinajstić information content (AvgIpc) is 2.65. The lowest BCUT2D eigenvalue weighted by atomic mass is 10.2. The number of anilines is 1. The summed E-state index contributed by atoms with van der Waals surface area (Å²) in [6.45, 7) is 4.96. The van der Waals surface area contributed by atoms with Crippen molar-refractivity contribution in [2.45, 2.75) is 46.0 Å². The van der Waals surface area contributed by atoms with Crippen LogP contribution in [0.5, 0.6) is 0 Å². The molecule has 7 nitrogen and oxygen atoms in total. The standard InChI is InChI=1S/C19H27N3O4S/c1-3-5-12-20-18(25)14-6-8-15(9-7-14)21-19(27)22-16(23)10-11-17(24)26-13-4-2/h6-9H,3-5,10-13H2,1-2H3,(H,20,25)(H2,21,22,23,27). The van der Waals surface area contributed by atoms with E-state index in [2.05, 4.69) is 22.9 Å². The second-order valence-electron chi connectivity index (χ2n) is 5.91. The van der Waals surface area contributed by atoms with E-state index < -0.39 is 5.97 Å². The number of esters is 1. The van der Waals surface area contributed by atoms with Crippen molar-refractivity contribution in [1.29, 1.82) is 0 Å². The average molecular weight is 394 g/mol. The Labute approximate surface area is 165 Å². The first-order chi connectivity index (χ1) is 13.0. The molecular formula is C19H27N3O4S. The summed E-state index contributed by atoms with van der Waals surface area (Å²) in [5.74, 6) is -0.896. The van der Waals surface area contributed by atoms with Crippen molar-refractivity contribution < 1.29 is 19.1 Å². The third-order valence-electron chi connectivity index (χ3n) is 3.50. The minimum absolute atomic E-state index is 0.00123. The number of nitrogens with one attached hydrogen (secondary N) is 3. The Morgan fingerprint density at radius 2 is 1.74 bits per heavy atom. The fourth-order valence-corrected chi connectivity index (χ4v) is 2.27. The highest BCUT2D eigenvalue weighted by molar-refractivity contribution is 7.80. The van der Waals surface area contributed by atoms with Crippen molar-refractivity contribution in [2.24, 2.45) is 0 Å². The minimum atomic E-state index is -0.404. The van der Waals surface area contributed by atoms with Crippen LogP contribution in [-0.2, 0) is 14.3 Å². The second kappa shape index (κ2) is 12.8. The topological polar surface area (TPSA) is 96.5 Å². The Hall–Kier alpha value is -2.48. The minimum Gasteiger partial charge on any atom is -0.466 e. The third-order valence-corrected chi connectivity index (χ3v) is 3.70. The summed E-state index contributed by atoms with van der Waals surface area (Å²) < 4.78 is 4.90. The van der Waals surface area contributed by atoms with Gasteiger partial charge in [0.1, 0.15) is 0 Å². The van der Waals surface area contributed by atoms with Crippen LogP contribution in [0.25, 0.3) is 0 Å². The van der Waals surface area contributed by atoms with Crippen molar-refractivity contribution >= 4 is 40.8 Å². The molecule has 0 aliphatic heterocycles. The largest absolute Gasteiger partial charge is 0.466 e. The summed E-state index contributed by atoms with van der Waals surface area (Å²) in [6, 6.07) is 6.76. The normalized spacial score (nSPS) is 10.0. The van der Waals surface area contributed by atoms with E-state index in [0.717, 1.165) is 19.3 Å². The fraction of sp³-hybridized carbons (Fsp3) is 0.474. The van der Waals surface area contributed by atoms with Crippen LogP contribution in [-0.4, -0.2) is 36.0 Å². The summed E-state index contributed by atoms with van der Waals surface area (Å²) in [5.41, 5.74) is 1.20. The van der Waals surface area contributed by atoms with Crippen LogP contribution in [0.4, 0.5) is 5.69 Å². The summed E-state index contributed by atoms with van der Waals surface area (Å²) in [6.07, 6.45) is 2.71. The summed E-state index contributed by atoms with van der Waals surface area (Å²) >= 11 is 5.08. The lowest BCUT2D eigenvalue weighted by Gasteiger charge is -2.10. The van der Waals surface area contributed by atoms with Gasteiger partial charge in [-0.15, -0.1) is 0 Å². The maximum atomic E-state index is 11.9. The van der Waals surface area contributed by atoms with Crippen molar-refractivity contribution in [3.05, 3.63) is 29.8 Å². The van der Waals surface area contributed by atoms with E-state index in [-0.39, 0.29) is 29.8 Å². The molecule has 0 spiro atoms. The zero-order chi connectivity index (χ0) is 20.1. The molecule has 0 unspecified atom stereocenters. The van der Waals surface area contributed by atoms with Gasteiger partial charge < -0.3 is 20.7 Å². The number of hydrogen-bond acceptors (Lipinski definition) is 5. The van der Waals surface area contributed by atoms with Crippen LogP contribution in [0, 0.1) is 0 Å². The van der Waals surface area contributed by atoms with Crippen molar-refractivity contribution in [2.75, 3.05) is 18.5 Å². The second-order valence-corrected chi connectivity index (χ2v) is 6.32. The summed E-state index contributed by atoms with van der Waals surface area (Å²) in [4.78, 5) is 35.1. The van der Waals surface area contributed by atoms with Crippen LogP contribution in [0.15, 0.2) is 24.3 Å². The first kappa shape index (κ1) is 22.6. The Bertz CT molecular complexity index is 647. The molecule has 0 saturated heterocycles. The van der Waals surface area contributed by atoms with E-state index in [0.29, 0.717) is 24.4 Å². The van der Waals surface area contributed by atoms with Gasteiger partial charge in [0, 0.05) is 24.2 Å². The number of amides is 2. The van der Waals surface area contributed by atoms with Crippen LogP contribution in [0.3, 0.4) is 0 Å². The van der Waals surface area contributed by atoms with Gasteiger partial charge in [-0.25, -0.2) is 0 Å². The summed E-state index contributed by atoms with van der Waals surface area (Å²) in [7, 11) is 0. The lowest BCUT2D eigenvalue weighted by Crippen LogP contribution is -2.34. The molecule has 0 atom stereocenters. The quantitative estimate of drug-likeness (QED) is 0.321. The molecule has 8 heteroatoms. The molecule has 0 heterocycles. The Kier molecular flexibility index (Phi) is 10.7. The highest BCUT2D eigenvalue weighted by atomic mass is 32.1. The van der Waals surface area contributed by atoms with Crippen LogP contribution < -0.4 is 16.0 Å². The number of carbonyl (C=O) groups excluding carboxylic acids is 3. The number of carbonyl (C=O) groups is 3. The number of hydrogen-bond donors (Lipinski definition) is 3. The van der Waals surface area contributed by atoms with Gasteiger partial charge in [-0.1, -0.05) is 20.3 Å². The van der Waals surface area contributed by atoms with Crippen molar-refractivity contribution in [3.8, 4) is 0 Å².